The maximum Gasteiger partial charge on any atom is 0.124 e. The van der Waals surface area contributed by atoms with Gasteiger partial charge in [-0.3, -0.25) is 0 Å². The fraction of sp³-hybridized carbons (Fsp3) is 0.571. The van der Waals surface area contributed by atoms with Crippen LogP contribution in [-0.2, 0) is 18.4 Å². The van der Waals surface area contributed by atoms with Crippen LogP contribution in [0, 0.1) is 0 Å². The fourth-order valence-corrected chi connectivity index (χ4v) is 2.99. The minimum atomic E-state index is -0.108. The highest BCUT2D eigenvalue weighted by Crippen LogP contribution is 2.44. The Morgan fingerprint density at radius 3 is 2.38 bits per heavy atom. The summed E-state index contributed by atoms with van der Waals surface area (Å²) >= 11 is 0. The summed E-state index contributed by atoms with van der Waals surface area (Å²) in [6, 6.07) is 4.52. The van der Waals surface area contributed by atoms with E-state index in [1.165, 1.54) is 42.4 Å². The van der Waals surface area contributed by atoms with Crippen molar-refractivity contribution in [1.82, 2.24) is 0 Å². The van der Waals surface area contributed by atoms with Gasteiger partial charge in [-0.2, -0.15) is 0 Å². The van der Waals surface area contributed by atoms with Crippen molar-refractivity contribution in [2.45, 2.75) is 44.1 Å². The van der Waals surface area contributed by atoms with Crippen molar-refractivity contribution < 1.29 is 4.74 Å². The summed E-state index contributed by atoms with van der Waals surface area (Å²) in [5, 5.41) is 0. The highest BCUT2D eigenvalue weighted by molar-refractivity contribution is 5.48. The monoisotopic (exact) mass is 217 g/mol. The summed E-state index contributed by atoms with van der Waals surface area (Å²) < 4.78 is 5.51. The molecule has 0 atom stereocenters. The molecule has 0 spiro atoms. The molecule has 0 amide bonds. The first-order valence-corrected chi connectivity index (χ1v) is 6.22. The molecule has 2 heteroatoms. The number of nitrogens with two attached hydrogens (primary N) is 1. The van der Waals surface area contributed by atoms with Crippen LogP contribution in [0.25, 0.3) is 0 Å². The molecule has 2 aliphatic carbocycles. The Morgan fingerprint density at radius 2 is 1.81 bits per heavy atom. The lowest BCUT2D eigenvalue weighted by Gasteiger charge is -2.39. The van der Waals surface area contributed by atoms with E-state index in [-0.39, 0.29) is 5.54 Å². The molecule has 0 aromatic heterocycles. The predicted molar refractivity (Wildman–Crippen MR) is 64.7 cm³/mol. The molecule has 0 bridgehead atoms. The molecule has 0 saturated heterocycles. The van der Waals surface area contributed by atoms with E-state index < -0.39 is 0 Å². The number of hydrogen-bond acceptors (Lipinski definition) is 2. The first-order chi connectivity index (χ1) is 7.73. The number of benzene rings is 1. The van der Waals surface area contributed by atoms with Gasteiger partial charge in [-0.05, 0) is 61.8 Å². The van der Waals surface area contributed by atoms with E-state index in [2.05, 4.69) is 12.1 Å². The normalized spacial score (nSPS) is 21.4. The Balaban J connectivity index is 2.09. The average molecular weight is 217 g/mol. The van der Waals surface area contributed by atoms with Crippen LogP contribution in [0.15, 0.2) is 12.1 Å². The number of hydrogen-bond donors (Lipinski definition) is 1. The van der Waals surface area contributed by atoms with Crippen LogP contribution in [-0.4, -0.2) is 7.11 Å². The molecule has 1 aromatic carbocycles. The first-order valence-electron chi connectivity index (χ1n) is 6.22. The topological polar surface area (TPSA) is 35.2 Å². The van der Waals surface area contributed by atoms with Crippen molar-refractivity contribution in [3.05, 3.63) is 28.8 Å². The van der Waals surface area contributed by atoms with Gasteiger partial charge in [0.25, 0.3) is 0 Å². The van der Waals surface area contributed by atoms with Crippen LogP contribution < -0.4 is 10.5 Å². The van der Waals surface area contributed by atoms with Crippen molar-refractivity contribution in [3.8, 4) is 5.75 Å². The van der Waals surface area contributed by atoms with E-state index in [9.17, 15) is 0 Å². The number of ether oxygens (including phenoxy) is 1. The number of methoxy groups -OCH3 is 1. The Bertz CT molecular complexity index is 421. The second-order valence-electron chi connectivity index (χ2n) is 5.18. The summed E-state index contributed by atoms with van der Waals surface area (Å²) in [5.41, 5.74) is 10.5. The quantitative estimate of drug-likeness (QED) is 0.826. The maximum absolute atomic E-state index is 6.41. The van der Waals surface area contributed by atoms with E-state index in [0.717, 1.165) is 18.6 Å². The molecule has 3 rings (SSSR count). The second-order valence-corrected chi connectivity index (χ2v) is 5.18. The smallest absolute Gasteiger partial charge is 0.124 e. The van der Waals surface area contributed by atoms with Crippen molar-refractivity contribution in [1.29, 1.82) is 0 Å². The van der Waals surface area contributed by atoms with Crippen LogP contribution in [0.5, 0.6) is 5.75 Å². The van der Waals surface area contributed by atoms with Crippen molar-refractivity contribution in [3.63, 3.8) is 0 Å². The average Bonchev–Trinajstić information content (AvgIpc) is 2.71. The molecule has 0 radical (unpaired) electrons. The van der Waals surface area contributed by atoms with Gasteiger partial charge in [0.1, 0.15) is 5.75 Å². The molecule has 2 N–H and O–H groups in total. The molecule has 86 valence electrons. The number of rotatable bonds is 2. The molecule has 1 saturated carbocycles. The predicted octanol–water partition coefficient (Wildman–Crippen LogP) is 2.52. The molecule has 16 heavy (non-hydrogen) atoms. The maximum atomic E-state index is 6.41. The SMILES string of the molecule is COc1cc2c(cc1C1(N)CCC1)CCC2. The molecule has 2 aliphatic rings. The van der Waals surface area contributed by atoms with Crippen molar-refractivity contribution in [2.24, 2.45) is 5.73 Å². The lowest BCUT2D eigenvalue weighted by molar-refractivity contribution is 0.243. The van der Waals surface area contributed by atoms with Gasteiger partial charge in [0, 0.05) is 11.1 Å². The van der Waals surface area contributed by atoms with Crippen LogP contribution in [0.4, 0.5) is 0 Å². The molecule has 2 nitrogen and oxygen atoms in total. The van der Waals surface area contributed by atoms with Crippen molar-refractivity contribution in [2.75, 3.05) is 7.11 Å². The van der Waals surface area contributed by atoms with Crippen LogP contribution >= 0.6 is 0 Å². The highest BCUT2D eigenvalue weighted by Gasteiger charge is 2.37. The van der Waals surface area contributed by atoms with E-state index in [1.807, 2.05) is 0 Å². The lowest BCUT2D eigenvalue weighted by Crippen LogP contribution is -2.43. The van der Waals surface area contributed by atoms with E-state index in [0.29, 0.717) is 0 Å². The van der Waals surface area contributed by atoms with Gasteiger partial charge in [-0.15, -0.1) is 0 Å². The van der Waals surface area contributed by atoms with Crippen LogP contribution in [0.1, 0.15) is 42.4 Å². The fourth-order valence-electron chi connectivity index (χ4n) is 2.99. The van der Waals surface area contributed by atoms with Crippen LogP contribution in [0.2, 0.25) is 0 Å². The summed E-state index contributed by atoms with van der Waals surface area (Å²) in [4.78, 5) is 0. The van der Waals surface area contributed by atoms with E-state index in [1.54, 1.807) is 7.11 Å². The summed E-state index contributed by atoms with van der Waals surface area (Å²) in [7, 11) is 1.75. The minimum Gasteiger partial charge on any atom is -0.496 e. The Morgan fingerprint density at radius 1 is 1.12 bits per heavy atom. The molecule has 0 heterocycles. The third kappa shape index (κ3) is 1.36. The van der Waals surface area contributed by atoms with Gasteiger partial charge in [0.15, 0.2) is 0 Å². The molecular formula is C14H19NO. The van der Waals surface area contributed by atoms with Crippen molar-refractivity contribution >= 4 is 0 Å². The molecule has 0 aliphatic heterocycles. The third-order valence-corrected chi connectivity index (χ3v) is 4.20. The zero-order valence-electron chi connectivity index (χ0n) is 9.88. The minimum absolute atomic E-state index is 0.108. The van der Waals surface area contributed by atoms with Gasteiger partial charge >= 0.3 is 0 Å². The Kier molecular flexibility index (Phi) is 2.21. The molecular weight excluding hydrogens is 198 g/mol. The van der Waals surface area contributed by atoms with E-state index in [4.69, 9.17) is 10.5 Å². The van der Waals surface area contributed by atoms with Gasteiger partial charge in [0.05, 0.1) is 7.11 Å². The number of fused-ring (bicyclic) bond motifs is 1. The third-order valence-electron chi connectivity index (χ3n) is 4.20. The lowest BCUT2D eigenvalue weighted by atomic mass is 9.72. The summed E-state index contributed by atoms with van der Waals surface area (Å²) in [5.74, 6) is 1.00. The number of aryl methyl sites for hydroxylation is 2. The van der Waals surface area contributed by atoms with Gasteiger partial charge in [-0.1, -0.05) is 0 Å². The molecule has 1 fully saturated rings. The standard InChI is InChI=1S/C14H19NO/c1-16-13-9-11-5-2-4-10(11)8-12(13)14(15)6-3-7-14/h8-9H,2-7,15H2,1H3. The Labute approximate surface area is 96.8 Å². The van der Waals surface area contributed by atoms with Gasteiger partial charge in [-0.25, -0.2) is 0 Å². The second kappa shape index (κ2) is 3.49. The van der Waals surface area contributed by atoms with E-state index >= 15 is 0 Å². The zero-order valence-corrected chi connectivity index (χ0v) is 9.88. The zero-order chi connectivity index (χ0) is 11.2. The molecule has 1 aromatic rings. The first kappa shape index (κ1) is 10.2. The van der Waals surface area contributed by atoms with Gasteiger partial charge in [0.2, 0.25) is 0 Å². The highest BCUT2D eigenvalue weighted by atomic mass is 16.5. The molecule has 0 unspecified atom stereocenters. The summed E-state index contributed by atoms with van der Waals surface area (Å²) in [6.45, 7) is 0. The summed E-state index contributed by atoms with van der Waals surface area (Å²) in [6.07, 6.45) is 7.13. The van der Waals surface area contributed by atoms with Gasteiger partial charge < -0.3 is 10.5 Å². The largest absolute Gasteiger partial charge is 0.496 e. The Hall–Kier alpha value is -1.02. The van der Waals surface area contributed by atoms with Crippen LogP contribution in [0.3, 0.4) is 0 Å².